The van der Waals surface area contributed by atoms with E-state index in [2.05, 4.69) is 15.4 Å². The monoisotopic (exact) mass is 593 g/mol. The maximum absolute atomic E-state index is 11.8. The molecule has 0 aromatic heterocycles. The molecule has 2 aromatic rings. The summed E-state index contributed by atoms with van der Waals surface area (Å²) in [7, 11) is -13.7. The quantitative estimate of drug-likeness (QED) is 0.117. The van der Waals surface area contributed by atoms with E-state index in [0.717, 1.165) is 36.6 Å². The Labute approximate surface area is 260 Å². The van der Waals surface area contributed by atoms with Gasteiger partial charge in [-0.2, -0.15) is 0 Å². The fraction of sp³-hybridized carbons (Fsp3) is 0.211. The van der Waals surface area contributed by atoms with Gasteiger partial charge in [0.2, 0.25) is 10.0 Å². The fourth-order valence-electron chi connectivity index (χ4n) is 2.74. The van der Waals surface area contributed by atoms with E-state index in [1.807, 2.05) is 13.8 Å². The van der Waals surface area contributed by atoms with Gasteiger partial charge in [0.15, 0.2) is 5.11 Å². The van der Waals surface area contributed by atoms with Crippen molar-refractivity contribution >= 4 is 71.1 Å². The Morgan fingerprint density at radius 1 is 0.833 bits per heavy atom. The number of benzene rings is 2. The van der Waals surface area contributed by atoms with Crippen molar-refractivity contribution in [2.24, 2.45) is 0 Å². The molecule has 17 heteroatoms. The summed E-state index contributed by atoms with van der Waals surface area (Å²) in [5.41, 5.74) is -0.147. The van der Waals surface area contributed by atoms with Crippen LogP contribution in [0.15, 0.2) is 46.2 Å². The predicted molar refractivity (Wildman–Crippen MR) is 131 cm³/mol. The normalized spacial score (nSPS) is 11.9. The Morgan fingerprint density at radius 3 is 1.64 bits per heavy atom. The van der Waals surface area contributed by atoms with Gasteiger partial charge in [-0.25, -0.2) is 25.3 Å². The third-order valence-electron chi connectivity index (χ3n) is 3.99. The van der Waals surface area contributed by atoms with Crippen LogP contribution in [0.3, 0.4) is 0 Å². The molecule has 0 saturated heterocycles. The molecule has 0 radical (unpaired) electrons. The van der Waals surface area contributed by atoms with Crippen molar-refractivity contribution in [3.63, 3.8) is 0 Å². The van der Waals surface area contributed by atoms with Crippen LogP contribution in [0.25, 0.3) is 12.2 Å². The van der Waals surface area contributed by atoms with E-state index in [0.29, 0.717) is 0 Å². The van der Waals surface area contributed by atoms with Crippen molar-refractivity contribution in [2.45, 2.75) is 29.7 Å². The van der Waals surface area contributed by atoms with E-state index >= 15 is 0 Å². The molecule has 0 fully saturated rings. The Bertz CT molecular complexity index is 1460. The van der Waals surface area contributed by atoms with Crippen molar-refractivity contribution in [1.82, 2.24) is 5.32 Å². The summed E-state index contributed by atoms with van der Waals surface area (Å²) in [5.74, 6) is 0. The van der Waals surface area contributed by atoms with E-state index in [4.69, 9.17) is 12.2 Å². The van der Waals surface area contributed by atoms with E-state index in [1.165, 1.54) is 18.2 Å². The Kier molecular flexibility index (Phi) is 13.8. The third kappa shape index (κ3) is 11.4. The van der Waals surface area contributed by atoms with Gasteiger partial charge in [0.05, 0.1) is 16.0 Å². The average Bonchev–Trinajstić information content (AvgIpc) is 2.64. The molecule has 0 unspecified atom stereocenters. The molecule has 0 aliphatic heterocycles. The largest absolute Gasteiger partial charge is 1.00 e. The molecule has 0 bridgehead atoms. The first-order chi connectivity index (χ1) is 15.5. The van der Waals surface area contributed by atoms with Gasteiger partial charge < -0.3 is 19.7 Å². The smallest absolute Gasteiger partial charge is 0.744 e. The second kappa shape index (κ2) is 14.0. The van der Waals surface area contributed by atoms with Crippen LogP contribution in [0.2, 0.25) is 0 Å². The minimum Gasteiger partial charge on any atom is -0.744 e. The fourth-order valence-corrected chi connectivity index (χ4v) is 5.04. The van der Waals surface area contributed by atoms with Crippen molar-refractivity contribution < 1.29 is 93.5 Å². The Balaban J connectivity index is 0.00000612. The molecular weight excluding hydrogens is 572 g/mol. The minimum atomic E-state index is -5.03. The molecule has 36 heavy (non-hydrogen) atoms. The molecule has 0 atom stereocenters. The van der Waals surface area contributed by atoms with E-state index in [1.54, 1.807) is 0 Å². The first kappa shape index (κ1) is 35.4. The molecule has 0 aliphatic carbocycles. The summed E-state index contributed by atoms with van der Waals surface area (Å²) in [6.45, 7) is 3.69. The molecule has 0 amide bonds. The molecular formula is C19H21N3Na2O8S4. The van der Waals surface area contributed by atoms with E-state index < -0.39 is 40.1 Å². The van der Waals surface area contributed by atoms with Crippen LogP contribution >= 0.6 is 12.2 Å². The summed E-state index contributed by atoms with van der Waals surface area (Å²) in [5, 5.41) is 5.86. The van der Waals surface area contributed by atoms with Crippen LogP contribution in [-0.2, 0) is 30.3 Å². The Morgan fingerprint density at radius 2 is 1.25 bits per heavy atom. The van der Waals surface area contributed by atoms with E-state index in [-0.39, 0.29) is 92.8 Å². The first-order valence-corrected chi connectivity index (χ1v) is 14.5. The number of thiocarbonyl (C=S) groups is 1. The van der Waals surface area contributed by atoms with Crippen molar-refractivity contribution in [3.05, 3.63) is 47.5 Å². The van der Waals surface area contributed by atoms with Gasteiger partial charge in [0.1, 0.15) is 20.2 Å². The van der Waals surface area contributed by atoms with Crippen LogP contribution in [0.5, 0.6) is 0 Å². The number of sulfonamides is 1. The summed E-state index contributed by atoms with van der Waals surface area (Å²) < 4.78 is 95.3. The number of nitrogens with one attached hydrogen (secondary N) is 3. The maximum atomic E-state index is 11.8. The zero-order valence-corrected chi connectivity index (χ0v) is 27.4. The van der Waals surface area contributed by atoms with Crippen molar-refractivity contribution in [1.29, 1.82) is 0 Å². The summed E-state index contributed by atoms with van der Waals surface area (Å²) >= 11 is 5.10. The van der Waals surface area contributed by atoms with Crippen LogP contribution in [0, 0.1) is 0 Å². The molecule has 2 rings (SSSR count). The molecule has 0 heterocycles. The van der Waals surface area contributed by atoms with Gasteiger partial charge >= 0.3 is 59.1 Å². The van der Waals surface area contributed by atoms with Gasteiger partial charge in [-0.05, 0) is 61.5 Å². The standard InChI is InChI=1S/C19H23N3O8S4.2Na/c1-12(2)20-19(31)21-15-8-6-13(17(10-15)33(25,26)27)4-5-14-7-9-16(22-32(3,23)24)11-18(14)34(28,29)30;;/h4-12,22H,1-3H3,(H2,20,21,31)(H,25,26,27)(H,28,29,30);;/q;2*+1/p-2. The maximum Gasteiger partial charge on any atom is 1.00 e. The zero-order chi connectivity index (χ0) is 25.9. The summed E-state index contributed by atoms with van der Waals surface area (Å²) in [6.07, 6.45) is 3.12. The van der Waals surface area contributed by atoms with Crippen LogP contribution in [-0.4, -0.2) is 51.8 Å². The minimum absolute atomic E-state index is 0. The van der Waals surface area contributed by atoms with Crippen LogP contribution in [0.4, 0.5) is 11.4 Å². The van der Waals surface area contributed by atoms with Crippen molar-refractivity contribution in [3.8, 4) is 0 Å². The molecule has 0 spiro atoms. The topological polar surface area (TPSA) is 185 Å². The van der Waals surface area contributed by atoms with Gasteiger partial charge in [-0.1, -0.05) is 24.3 Å². The number of rotatable bonds is 8. The number of anilines is 2. The number of hydrogen-bond donors (Lipinski definition) is 3. The second-order valence-corrected chi connectivity index (χ2v) is 12.2. The van der Waals surface area contributed by atoms with Crippen LogP contribution in [0.1, 0.15) is 25.0 Å². The van der Waals surface area contributed by atoms with Crippen molar-refractivity contribution in [2.75, 3.05) is 16.3 Å². The van der Waals surface area contributed by atoms with Gasteiger partial charge in [0, 0.05) is 17.4 Å². The van der Waals surface area contributed by atoms with Gasteiger partial charge in [-0.3, -0.25) is 4.72 Å². The third-order valence-corrected chi connectivity index (χ3v) is 6.60. The second-order valence-electron chi connectivity index (χ2n) is 7.37. The molecule has 11 nitrogen and oxygen atoms in total. The van der Waals surface area contributed by atoms with Gasteiger partial charge in [0.25, 0.3) is 0 Å². The molecule has 0 aliphatic rings. The summed E-state index contributed by atoms with van der Waals surface area (Å²) in [4.78, 5) is -1.35. The Hall–Kier alpha value is -0.560. The summed E-state index contributed by atoms with van der Waals surface area (Å²) in [6, 6.07) is 7.04. The van der Waals surface area contributed by atoms with E-state index in [9.17, 15) is 34.4 Å². The molecule has 2 aromatic carbocycles. The molecule has 3 N–H and O–H groups in total. The van der Waals surface area contributed by atoms with Crippen LogP contribution < -0.4 is 74.5 Å². The molecule has 186 valence electrons. The van der Waals surface area contributed by atoms with Gasteiger partial charge in [-0.15, -0.1) is 0 Å². The molecule has 0 saturated carbocycles. The average molecular weight is 594 g/mol. The first-order valence-electron chi connectivity index (χ1n) is 9.39. The number of hydrogen-bond acceptors (Lipinski definition) is 9. The zero-order valence-electron chi connectivity index (χ0n) is 20.1. The SMILES string of the molecule is CC(C)NC(=S)Nc1ccc(C=Cc2ccc(NS(C)(=O)=O)cc2S(=O)(=O)[O-])c(S(=O)(=O)[O-])c1.[Na+].[Na+]. The predicted octanol–water partition coefficient (Wildman–Crippen LogP) is -4.26.